The van der Waals surface area contributed by atoms with Crippen LogP contribution >= 0.6 is 0 Å². The molecule has 4 rings (SSSR count). The number of aliphatic hydroxyl groups is 1. The monoisotopic (exact) mass is 458 g/mol. The van der Waals surface area contributed by atoms with Crippen molar-refractivity contribution >= 4 is 5.91 Å². The number of aryl methyl sites for hydroxylation is 1. The fourth-order valence-corrected chi connectivity index (χ4v) is 4.94. The van der Waals surface area contributed by atoms with E-state index in [0.29, 0.717) is 25.9 Å². The maximum Gasteiger partial charge on any atom is 0.237 e. The average molecular weight is 459 g/mol. The van der Waals surface area contributed by atoms with E-state index in [9.17, 15) is 12.6 Å². The van der Waals surface area contributed by atoms with Crippen molar-refractivity contribution in [3.05, 3.63) is 107 Å². The summed E-state index contributed by atoms with van der Waals surface area (Å²) in [6, 6.07) is 27.0. The molecule has 0 bridgehead atoms. The Morgan fingerprint density at radius 3 is 1.91 bits per heavy atom. The Kier molecular flexibility index (Phi) is 6.42. The Morgan fingerprint density at radius 2 is 1.44 bits per heavy atom. The van der Waals surface area contributed by atoms with Gasteiger partial charge in [-0.05, 0) is 49.4 Å². The van der Waals surface area contributed by atoms with E-state index in [0.717, 1.165) is 22.3 Å². The second-order valence-electron chi connectivity index (χ2n) is 9.56. The van der Waals surface area contributed by atoms with Gasteiger partial charge in [-0.15, -0.1) is 0 Å². The number of hydrogen-bond acceptors (Lipinski definition) is 3. The summed E-state index contributed by atoms with van der Waals surface area (Å²) in [5.41, 5.74) is 1.38. The van der Waals surface area contributed by atoms with Crippen LogP contribution < -0.4 is 0 Å². The van der Waals surface area contributed by atoms with Crippen molar-refractivity contribution in [3.8, 4) is 0 Å². The van der Waals surface area contributed by atoms with E-state index in [1.54, 1.807) is 23.9 Å². The topological polar surface area (TPSA) is 43.8 Å². The molecule has 3 aromatic carbocycles. The number of benzene rings is 3. The molecule has 0 spiro atoms. The van der Waals surface area contributed by atoms with E-state index in [1.165, 1.54) is 0 Å². The highest BCUT2D eigenvalue weighted by molar-refractivity contribution is 5.91. The molecule has 1 amide bonds. The maximum atomic E-state index is 13.9. The van der Waals surface area contributed by atoms with Gasteiger partial charge in [-0.2, -0.15) is 0 Å². The third-order valence-electron chi connectivity index (χ3n) is 7.05. The van der Waals surface area contributed by atoms with E-state index >= 15 is 0 Å². The van der Waals surface area contributed by atoms with Crippen LogP contribution in [0.2, 0.25) is 0 Å². The van der Waals surface area contributed by atoms with Gasteiger partial charge in [-0.3, -0.25) is 4.79 Å². The van der Waals surface area contributed by atoms with E-state index in [4.69, 9.17) is 0 Å². The first kappa shape index (κ1) is 21.6. The molecule has 0 atom stereocenters. The minimum atomic E-state index is -1.79. The molecule has 1 fully saturated rings. The lowest BCUT2D eigenvalue weighted by Crippen LogP contribution is -2.48. The van der Waals surface area contributed by atoms with E-state index < -0.39 is 17.5 Å². The van der Waals surface area contributed by atoms with Crippen LogP contribution in [0, 0.1) is 6.92 Å². The molecule has 0 unspecified atom stereocenters. The number of carbonyl (C=O) groups excluding carboxylic acids is 1. The maximum absolute atomic E-state index is 13.9. The molecule has 178 valence electrons. The molecule has 1 N–H and O–H groups in total. The van der Waals surface area contributed by atoms with Gasteiger partial charge in [-0.1, -0.05) is 90.5 Å². The van der Waals surface area contributed by atoms with Crippen molar-refractivity contribution in [2.45, 2.75) is 37.2 Å². The van der Waals surface area contributed by atoms with Gasteiger partial charge >= 0.3 is 0 Å². The van der Waals surface area contributed by atoms with Crippen LogP contribution in [0.1, 0.15) is 44.3 Å². The van der Waals surface area contributed by atoms with E-state index in [1.807, 2.05) is 91.9 Å². The Balaban J connectivity index is 1.68. The highest BCUT2D eigenvalue weighted by Crippen LogP contribution is 2.39. The van der Waals surface area contributed by atoms with Gasteiger partial charge in [0.25, 0.3) is 0 Å². The Morgan fingerprint density at radius 1 is 0.941 bits per heavy atom. The molecule has 1 aliphatic heterocycles. The molecule has 34 heavy (non-hydrogen) atoms. The van der Waals surface area contributed by atoms with Crippen molar-refractivity contribution in [1.29, 1.82) is 0 Å². The smallest absolute Gasteiger partial charge is 0.237 e. The highest BCUT2D eigenvalue weighted by atomic mass is 16.3. The summed E-state index contributed by atoms with van der Waals surface area (Å²) in [4.78, 5) is 17.3. The number of likely N-dealkylation sites (N-methyl/N-ethyl adjacent to an activating group) is 1. The first-order valence-electron chi connectivity index (χ1n) is 13.0. The zero-order valence-electron chi connectivity index (χ0n) is 22.4. The molecule has 0 aliphatic carbocycles. The molecule has 4 nitrogen and oxygen atoms in total. The van der Waals surface area contributed by atoms with Gasteiger partial charge in [-0.25, -0.2) is 0 Å². The third kappa shape index (κ3) is 4.79. The van der Waals surface area contributed by atoms with Gasteiger partial charge in [0.2, 0.25) is 5.91 Å². The lowest BCUT2D eigenvalue weighted by atomic mass is 9.70. The summed E-state index contributed by atoms with van der Waals surface area (Å²) in [6.45, 7) is 1.03. The highest BCUT2D eigenvalue weighted by Gasteiger charge is 2.43. The molecule has 0 aromatic heterocycles. The molecule has 0 radical (unpaired) electrons. The van der Waals surface area contributed by atoms with Crippen LogP contribution in [0.15, 0.2) is 84.9 Å². The number of likely N-dealkylation sites (tertiary alicyclic amines) is 1. The van der Waals surface area contributed by atoms with Gasteiger partial charge < -0.3 is 14.9 Å². The summed E-state index contributed by atoms with van der Waals surface area (Å²) >= 11 is 0. The molecular weight excluding hydrogens is 420 g/mol. The minimum Gasteiger partial charge on any atom is -0.385 e. The molecule has 0 saturated carbocycles. The second kappa shape index (κ2) is 10.1. The molecule has 1 aliphatic rings. The average Bonchev–Trinajstić information content (AvgIpc) is 2.88. The van der Waals surface area contributed by atoms with Crippen molar-refractivity contribution < 1.29 is 12.6 Å². The Hall–Kier alpha value is -2.95. The summed E-state index contributed by atoms with van der Waals surface area (Å²) < 4.78 is 18.4. The summed E-state index contributed by atoms with van der Waals surface area (Å²) in [6.07, 6.45) is 0.829. The van der Waals surface area contributed by atoms with Crippen molar-refractivity contribution in [2.75, 3.05) is 33.7 Å². The number of rotatable bonds is 7. The lowest BCUT2D eigenvalue weighted by molar-refractivity contribution is -0.133. The first-order chi connectivity index (χ1) is 17.1. The van der Waals surface area contributed by atoms with Gasteiger partial charge in [0.05, 0.1) is 5.60 Å². The first-order valence-corrected chi connectivity index (χ1v) is 12.0. The summed E-state index contributed by atoms with van der Waals surface area (Å²) in [7, 11) is 3.45. The van der Waals surface area contributed by atoms with Crippen LogP contribution in [-0.4, -0.2) is 54.5 Å². The standard InChI is InChI=1S/C30H36N2O2/c1-24-14-16-25(17-15-24)29(34)18-21-32(22-19-29)23-20-30(28(33)31(2)3,26-10-6-4-7-11-26)27-12-8-5-9-13-27/h4-17,34H,18-23H2,1-3H3/i23D2. The normalized spacial score (nSPS) is 17.5. The number of amides is 1. The number of hydrogen-bond donors (Lipinski definition) is 1. The number of carbonyl (C=O) groups is 1. The molecule has 1 saturated heterocycles. The van der Waals surface area contributed by atoms with Crippen molar-refractivity contribution in [3.63, 3.8) is 0 Å². The van der Waals surface area contributed by atoms with Crippen molar-refractivity contribution in [1.82, 2.24) is 9.80 Å². The fourth-order valence-electron chi connectivity index (χ4n) is 4.94. The molecule has 1 heterocycles. The fraction of sp³-hybridized carbons (Fsp3) is 0.367. The van der Waals surface area contributed by atoms with Crippen LogP contribution in [0.5, 0.6) is 0 Å². The van der Waals surface area contributed by atoms with Gasteiger partial charge in [0.1, 0.15) is 5.41 Å². The second-order valence-corrected chi connectivity index (χ2v) is 9.56. The zero-order chi connectivity index (χ0) is 26.0. The molecule has 4 heteroatoms. The van der Waals surface area contributed by atoms with E-state index in [2.05, 4.69) is 0 Å². The predicted molar refractivity (Wildman–Crippen MR) is 138 cm³/mol. The van der Waals surface area contributed by atoms with Crippen LogP contribution in [-0.2, 0) is 15.8 Å². The largest absolute Gasteiger partial charge is 0.385 e. The quantitative estimate of drug-likeness (QED) is 0.556. The Bertz CT molecular complexity index is 1120. The van der Waals surface area contributed by atoms with Crippen LogP contribution in [0.25, 0.3) is 0 Å². The number of piperidine rings is 1. The SMILES string of the molecule is [2H]C([2H])(CC(C(=O)N(C)C)(c1ccccc1)c1ccccc1)N1CCC(O)(c2ccc(C)cc2)CC1. The summed E-state index contributed by atoms with van der Waals surface area (Å²) in [5.74, 6) is -0.156. The molecule has 3 aromatic rings. The molecular formula is C30H36N2O2. The van der Waals surface area contributed by atoms with Gasteiger partial charge in [0.15, 0.2) is 0 Å². The van der Waals surface area contributed by atoms with Crippen LogP contribution in [0.3, 0.4) is 0 Å². The van der Waals surface area contributed by atoms with E-state index in [-0.39, 0.29) is 12.3 Å². The Labute approximate surface area is 206 Å². The van der Waals surface area contributed by atoms with Crippen molar-refractivity contribution in [2.24, 2.45) is 0 Å². The lowest BCUT2D eigenvalue weighted by Gasteiger charge is -2.41. The number of nitrogens with zero attached hydrogens (tertiary/aromatic N) is 2. The third-order valence-corrected chi connectivity index (χ3v) is 7.05. The van der Waals surface area contributed by atoms with Gasteiger partial charge in [0, 0.05) is 29.9 Å². The summed E-state index contributed by atoms with van der Waals surface area (Å²) in [5, 5.41) is 11.4. The zero-order valence-corrected chi connectivity index (χ0v) is 20.4. The minimum absolute atomic E-state index is 0.0337. The van der Waals surface area contributed by atoms with Crippen LogP contribution in [0.4, 0.5) is 0 Å². The predicted octanol–water partition coefficient (Wildman–Crippen LogP) is 4.74.